The summed E-state index contributed by atoms with van der Waals surface area (Å²) in [6.45, 7) is 10.9. The van der Waals surface area contributed by atoms with Crippen LogP contribution in [0.4, 0.5) is 5.13 Å². The molecule has 0 saturated carbocycles. The van der Waals surface area contributed by atoms with Crippen molar-refractivity contribution < 1.29 is 0 Å². The van der Waals surface area contributed by atoms with Crippen molar-refractivity contribution >= 4 is 16.5 Å². The molecule has 0 amide bonds. The van der Waals surface area contributed by atoms with Crippen LogP contribution in [0.2, 0.25) is 0 Å². The summed E-state index contributed by atoms with van der Waals surface area (Å²) in [4.78, 5) is 9.67. The largest absolute Gasteiger partial charge is 0.346 e. The highest BCUT2D eigenvalue weighted by Crippen LogP contribution is 2.31. The Bertz CT molecular complexity index is 639. The molecular weight excluding hydrogens is 278 g/mol. The van der Waals surface area contributed by atoms with E-state index in [2.05, 4.69) is 55.1 Å². The van der Waals surface area contributed by atoms with Gasteiger partial charge in [0.2, 0.25) is 0 Å². The Hall–Kier alpha value is -1.39. The third kappa shape index (κ3) is 2.97. The van der Waals surface area contributed by atoms with Crippen LogP contribution in [-0.4, -0.2) is 43.1 Å². The zero-order valence-electron chi connectivity index (χ0n) is 13.3. The molecule has 2 heterocycles. The van der Waals surface area contributed by atoms with E-state index in [0.717, 1.165) is 37.0 Å². The van der Waals surface area contributed by atoms with Gasteiger partial charge in [0.25, 0.3) is 0 Å². The number of piperazine rings is 1. The van der Waals surface area contributed by atoms with Crippen LogP contribution in [0, 0.1) is 20.8 Å². The zero-order valence-corrected chi connectivity index (χ0v) is 14.1. The van der Waals surface area contributed by atoms with Crippen molar-refractivity contribution in [1.82, 2.24) is 9.88 Å². The fourth-order valence-corrected chi connectivity index (χ4v) is 3.65. The first-order valence-electron chi connectivity index (χ1n) is 7.52. The normalized spacial score (nSPS) is 16.5. The number of hydrogen-bond donors (Lipinski definition) is 0. The Morgan fingerprint density at radius 1 is 0.952 bits per heavy atom. The Morgan fingerprint density at radius 3 is 2.33 bits per heavy atom. The standard InChI is InChI=1S/C17H23N3S/c1-12-9-14(3)15(10-13(12)2)16-11-21-17(18-16)20-7-5-19(4)6-8-20/h9-11H,5-8H2,1-4H3. The predicted molar refractivity (Wildman–Crippen MR) is 91.5 cm³/mol. The van der Waals surface area contributed by atoms with Crippen molar-refractivity contribution in [3.05, 3.63) is 34.2 Å². The minimum atomic E-state index is 1.08. The average molecular weight is 301 g/mol. The van der Waals surface area contributed by atoms with E-state index < -0.39 is 0 Å². The SMILES string of the molecule is Cc1cc(C)c(-c2csc(N3CCN(C)CC3)n2)cc1C. The van der Waals surface area contributed by atoms with Gasteiger partial charge in [-0.25, -0.2) is 4.98 Å². The molecule has 0 atom stereocenters. The zero-order chi connectivity index (χ0) is 15.0. The van der Waals surface area contributed by atoms with Gasteiger partial charge in [0, 0.05) is 37.1 Å². The van der Waals surface area contributed by atoms with Crippen LogP contribution >= 0.6 is 11.3 Å². The van der Waals surface area contributed by atoms with E-state index in [0.29, 0.717) is 0 Å². The second-order valence-corrected chi connectivity index (χ2v) is 6.89. The molecule has 0 N–H and O–H groups in total. The number of anilines is 1. The summed E-state index contributed by atoms with van der Waals surface area (Å²) in [5, 5.41) is 3.36. The van der Waals surface area contributed by atoms with Crippen molar-refractivity contribution in [1.29, 1.82) is 0 Å². The topological polar surface area (TPSA) is 19.4 Å². The van der Waals surface area contributed by atoms with Crippen molar-refractivity contribution in [2.45, 2.75) is 20.8 Å². The van der Waals surface area contributed by atoms with Gasteiger partial charge < -0.3 is 9.80 Å². The lowest BCUT2D eigenvalue weighted by Gasteiger charge is -2.32. The summed E-state index contributed by atoms with van der Waals surface area (Å²) in [7, 11) is 2.18. The lowest BCUT2D eigenvalue weighted by Crippen LogP contribution is -2.44. The first kappa shape index (κ1) is 14.5. The fraction of sp³-hybridized carbons (Fsp3) is 0.471. The molecule has 4 heteroatoms. The van der Waals surface area contributed by atoms with Gasteiger partial charge in [-0.1, -0.05) is 6.07 Å². The molecule has 0 bridgehead atoms. The summed E-state index contributed by atoms with van der Waals surface area (Å²) in [5.74, 6) is 0. The van der Waals surface area contributed by atoms with Crippen molar-refractivity contribution in [2.24, 2.45) is 0 Å². The highest BCUT2D eigenvalue weighted by atomic mass is 32.1. The number of benzene rings is 1. The van der Waals surface area contributed by atoms with Crippen LogP contribution in [-0.2, 0) is 0 Å². The van der Waals surface area contributed by atoms with Gasteiger partial charge in [0.1, 0.15) is 0 Å². The van der Waals surface area contributed by atoms with E-state index in [4.69, 9.17) is 4.98 Å². The number of aromatic nitrogens is 1. The minimum Gasteiger partial charge on any atom is -0.346 e. The summed E-state index contributed by atoms with van der Waals surface area (Å²) < 4.78 is 0. The molecule has 21 heavy (non-hydrogen) atoms. The predicted octanol–water partition coefficient (Wildman–Crippen LogP) is 3.49. The average Bonchev–Trinajstić information content (AvgIpc) is 2.93. The van der Waals surface area contributed by atoms with Crippen LogP contribution in [0.1, 0.15) is 16.7 Å². The maximum atomic E-state index is 4.89. The van der Waals surface area contributed by atoms with Crippen molar-refractivity contribution in [2.75, 3.05) is 38.1 Å². The van der Waals surface area contributed by atoms with Gasteiger partial charge in [-0.2, -0.15) is 0 Å². The summed E-state index contributed by atoms with van der Waals surface area (Å²) in [6, 6.07) is 4.53. The molecule has 1 aliphatic rings. The Labute approximate surface area is 131 Å². The van der Waals surface area contributed by atoms with Crippen LogP contribution in [0.5, 0.6) is 0 Å². The monoisotopic (exact) mass is 301 g/mol. The van der Waals surface area contributed by atoms with Crippen LogP contribution in [0.25, 0.3) is 11.3 Å². The van der Waals surface area contributed by atoms with Gasteiger partial charge in [0.05, 0.1) is 5.69 Å². The number of rotatable bonds is 2. The van der Waals surface area contributed by atoms with E-state index in [-0.39, 0.29) is 0 Å². The van der Waals surface area contributed by atoms with E-state index >= 15 is 0 Å². The lowest BCUT2D eigenvalue weighted by molar-refractivity contribution is 0.313. The number of nitrogens with zero attached hydrogens (tertiary/aromatic N) is 3. The highest BCUT2D eigenvalue weighted by Gasteiger charge is 2.18. The second-order valence-electron chi connectivity index (χ2n) is 6.06. The van der Waals surface area contributed by atoms with Crippen LogP contribution in [0.15, 0.2) is 17.5 Å². The molecule has 0 spiro atoms. The van der Waals surface area contributed by atoms with Crippen molar-refractivity contribution in [3.63, 3.8) is 0 Å². The molecule has 1 aromatic heterocycles. The molecule has 0 aliphatic carbocycles. The maximum Gasteiger partial charge on any atom is 0.185 e. The molecule has 0 radical (unpaired) electrons. The molecule has 3 nitrogen and oxygen atoms in total. The molecule has 2 aromatic rings. The number of aryl methyl sites for hydroxylation is 3. The quantitative estimate of drug-likeness (QED) is 0.846. The molecule has 112 valence electrons. The van der Waals surface area contributed by atoms with E-state index in [9.17, 15) is 0 Å². The van der Waals surface area contributed by atoms with E-state index in [1.165, 1.54) is 22.3 Å². The first-order valence-corrected chi connectivity index (χ1v) is 8.40. The Kier molecular flexibility index (Phi) is 4.00. The third-order valence-electron chi connectivity index (χ3n) is 4.38. The molecule has 1 fully saturated rings. The van der Waals surface area contributed by atoms with Gasteiger partial charge >= 0.3 is 0 Å². The van der Waals surface area contributed by atoms with Crippen molar-refractivity contribution in [3.8, 4) is 11.3 Å². The number of likely N-dealkylation sites (N-methyl/N-ethyl adjacent to an activating group) is 1. The first-order chi connectivity index (χ1) is 10.0. The fourth-order valence-electron chi connectivity index (χ4n) is 2.77. The van der Waals surface area contributed by atoms with Crippen LogP contribution in [0.3, 0.4) is 0 Å². The van der Waals surface area contributed by atoms with Gasteiger partial charge in [-0.05, 0) is 50.6 Å². The molecule has 0 unspecified atom stereocenters. The van der Waals surface area contributed by atoms with Gasteiger partial charge in [0.15, 0.2) is 5.13 Å². The van der Waals surface area contributed by atoms with Gasteiger partial charge in [-0.15, -0.1) is 11.3 Å². The number of thiazole rings is 1. The summed E-state index contributed by atoms with van der Waals surface area (Å²) >= 11 is 1.77. The number of hydrogen-bond acceptors (Lipinski definition) is 4. The molecule has 1 saturated heterocycles. The van der Waals surface area contributed by atoms with Gasteiger partial charge in [-0.3, -0.25) is 0 Å². The molecular formula is C17H23N3S. The van der Waals surface area contributed by atoms with E-state index in [1.54, 1.807) is 11.3 Å². The Morgan fingerprint density at radius 2 is 1.62 bits per heavy atom. The molecule has 3 rings (SSSR count). The summed E-state index contributed by atoms with van der Waals surface area (Å²) in [5.41, 5.74) is 6.40. The maximum absolute atomic E-state index is 4.89. The smallest absolute Gasteiger partial charge is 0.185 e. The highest BCUT2D eigenvalue weighted by molar-refractivity contribution is 7.14. The third-order valence-corrected chi connectivity index (χ3v) is 5.28. The Balaban J connectivity index is 1.87. The molecule has 1 aliphatic heterocycles. The van der Waals surface area contributed by atoms with E-state index in [1.807, 2.05) is 0 Å². The van der Waals surface area contributed by atoms with Crippen LogP contribution < -0.4 is 4.90 Å². The lowest BCUT2D eigenvalue weighted by atomic mass is 9.99. The summed E-state index contributed by atoms with van der Waals surface area (Å²) in [6.07, 6.45) is 0. The second kappa shape index (κ2) is 5.78. The minimum absolute atomic E-state index is 1.08. The molecule has 1 aromatic carbocycles.